The van der Waals surface area contributed by atoms with E-state index in [2.05, 4.69) is 33.6 Å². The number of H-pyrrole nitrogens is 1. The minimum absolute atomic E-state index is 0.0341. The molecule has 4 unspecified atom stereocenters. The van der Waals surface area contributed by atoms with Crippen molar-refractivity contribution in [1.82, 2.24) is 20.9 Å². The molecule has 0 radical (unpaired) electrons. The number of aliphatic carboxylic acids is 1. The summed E-state index contributed by atoms with van der Waals surface area (Å²) in [5, 5.41) is 17.6. The second-order valence-electron chi connectivity index (χ2n) is 9.17. The monoisotopic (exact) mass is 534 g/mol. The van der Waals surface area contributed by atoms with Crippen LogP contribution in [0, 0.1) is 5.92 Å². The molecule has 1 aromatic carbocycles. The second kappa shape index (κ2) is 13.7. The number of carboxylic acid groups (broad SMARTS) is 1. The minimum Gasteiger partial charge on any atom is -0.480 e. The van der Waals surface area contributed by atoms with Gasteiger partial charge in [0.1, 0.15) is 18.1 Å². The van der Waals surface area contributed by atoms with Crippen molar-refractivity contribution in [2.45, 2.75) is 57.3 Å². The molecular weight excluding hydrogens is 500 g/mol. The summed E-state index contributed by atoms with van der Waals surface area (Å²) in [6.07, 6.45) is 1.30. The second-order valence-corrected chi connectivity index (χ2v) is 9.54. The van der Waals surface area contributed by atoms with Crippen LogP contribution in [-0.2, 0) is 30.4 Å². The number of aromatic amines is 1. The molecule has 2 aromatic rings. The Labute approximate surface area is 219 Å². The Morgan fingerprint density at radius 1 is 0.973 bits per heavy atom. The summed E-state index contributed by atoms with van der Waals surface area (Å²) in [4.78, 5) is 65.0. The fourth-order valence-electron chi connectivity index (χ4n) is 3.74. The van der Waals surface area contributed by atoms with Crippen molar-refractivity contribution < 1.29 is 29.1 Å². The van der Waals surface area contributed by atoms with Gasteiger partial charge in [0.2, 0.25) is 23.6 Å². The van der Waals surface area contributed by atoms with E-state index >= 15 is 0 Å². The van der Waals surface area contributed by atoms with E-state index in [-0.39, 0.29) is 24.5 Å². The van der Waals surface area contributed by atoms with Crippen LogP contribution in [0.3, 0.4) is 0 Å². The van der Waals surface area contributed by atoms with E-state index in [0.29, 0.717) is 5.56 Å². The Hall–Kier alpha value is -3.58. The van der Waals surface area contributed by atoms with Crippen molar-refractivity contribution in [1.29, 1.82) is 0 Å². The maximum absolute atomic E-state index is 13.3. The first-order valence-corrected chi connectivity index (χ1v) is 12.4. The number of aromatic nitrogens is 1. The standard InChI is InChI=1S/C24H34N6O6S/c1-12(2)7-19(24(35)36)30-23(34)18(9-20(26)31)29-22(33)17(28-21(32)15(25)11-37)8-13-10-27-16-6-4-3-5-14(13)16/h3-6,10,12,15,17-19,27,37H,7-9,11,25H2,1-2H3,(H2,26,31)(H,28,32)(H,29,33)(H,30,34)(H,35,36). The van der Waals surface area contributed by atoms with Crippen molar-refractivity contribution in [3.05, 3.63) is 36.0 Å². The van der Waals surface area contributed by atoms with Crippen LogP contribution in [0.4, 0.5) is 0 Å². The zero-order valence-corrected chi connectivity index (χ0v) is 21.6. The van der Waals surface area contributed by atoms with Gasteiger partial charge >= 0.3 is 5.97 Å². The predicted molar refractivity (Wildman–Crippen MR) is 141 cm³/mol. The number of nitrogens with two attached hydrogens (primary N) is 2. The highest BCUT2D eigenvalue weighted by molar-refractivity contribution is 7.80. The molecule has 37 heavy (non-hydrogen) atoms. The van der Waals surface area contributed by atoms with E-state index in [1.54, 1.807) is 20.0 Å². The number of primary amides is 1. The van der Waals surface area contributed by atoms with Crippen LogP contribution in [0.1, 0.15) is 32.3 Å². The fraction of sp³-hybridized carbons (Fsp3) is 0.458. The lowest BCUT2D eigenvalue weighted by Gasteiger charge is -2.25. The fourth-order valence-corrected chi connectivity index (χ4v) is 3.91. The third kappa shape index (κ3) is 8.79. The Morgan fingerprint density at radius 2 is 1.57 bits per heavy atom. The third-order valence-corrected chi connectivity index (χ3v) is 6.02. The summed E-state index contributed by atoms with van der Waals surface area (Å²) in [7, 11) is 0. The van der Waals surface area contributed by atoms with Crippen LogP contribution in [0.2, 0.25) is 0 Å². The topological polar surface area (TPSA) is 209 Å². The molecule has 1 heterocycles. The van der Waals surface area contributed by atoms with Gasteiger partial charge in [-0.1, -0.05) is 32.0 Å². The van der Waals surface area contributed by atoms with Crippen molar-refractivity contribution in [3.63, 3.8) is 0 Å². The van der Waals surface area contributed by atoms with E-state index in [0.717, 1.165) is 10.9 Å². The van der Waals surface area contributed by atoms with E-state index in [9.17, 15) is 29.1 Å². The Kier molecular flexibility index (Phi) is 10.9. The van der Waals surface area contributed by atoms with Crippen molar-refractivity contribution >= 4 is 53.1 Å². The van der Waals surface area contributed by atoms with Gasteiger partial charge < -0.3 is 37.5 Å². The number of benzene rings is 1. The highest BCUT2D eigenvalue weighted by Gasteiger charge is 2.31. The summed E-state index contributed by atoms with van der Waals surface area (Å²) in [5.41, 5.74) is 12.6. The first kappa shape index (κ1) is 29.6. The van der Waals surface area contributed by atoms with Crippen LogP contribution in [-0.4, -0.2) is 69.6 Å². The van der Waals surface area contributed by atoms with E-state index < -0.39 is 60.2 Å². The highest BCUT2D eigenvalue weighted by atomic mass is 32.1. The number of para-hydroxylation sites is 1. The number of amides is 4. The van der Waals surface area contributed by atoms with E-state index in [1.807, 2.05) is 24.3 Å². The Bertz CT molecular complexity index is 1140. The SMILES string of the molecule is CC(C)CC(NC(=O)C(CC(N)=O)NC(=O)C(Cc1c[nH]c2ccccc12)NC(=O)C(N)CS)C(=O)O. The summed E-state index contributed by atoms with van der Waals surface area (Å²) >= 11 is 4.01. The number of hydrogen-bond donors (Lipinski definition) is 8. The average Bonchev–Trinajstić information content (AvgIpc) is 3.24. The number of fused-ring (bicyclic) bond motifs is 1. The van der Waals surface area contributed by atoms with Crippen LogP contribution in [0.15, 0.2) is 30.5 Å². The zero-order valence-electron chi connectivity index (χ0n) is 20.7. The number of carboxylic acids is 1. The molecule has 12 nitrogen and oxygen atoms in total. The molecule has 13 heteroatoms. The van der Waals surface area contributed by atoms with Gasteiger partial charge in [0, 0.05) is 29.3 Å². The molecule has 0 bridgehead atoms. The molecular formula is C24H34N6O6S. The van der Waals surface area contributed by atoms with Crippen LogP contribution < -0.4 is 27.4 Å². The lowest BCUT2D eigenvalue weighted by Crippen LogP contribution is -2.58. The first-order chi connectivity index (χ1) is 17.4. The van der Waals surface area contributed by atoms with Crippen molar-refractivity contribution in [2.75, 3.05) is 5.75 Å². The molecule has 202 valence electrons. The molecule has 0 aliphatic heterocycles. The molecule has 0 aliphatic rings. The zero-order chi connectivity index (χ0) is 27.7. The van der Waals surface area contributed by atoms with Crippen LogP contribution in [0.25, 0.3) is 10.9 Å². The third-order valence-electron chi connectivity index (χ3n) is 5.63. The quantitative estimate of drug-likeness (QED) is 0.148. The summed E-state index contributed by atoms with van der Waals surface area (Å²) < 4.78 is 0. The first-order valence-electron chi connectivity index (χ1n) is 11.8. The predicted octanol–water partition coefficient (Wildman–Crippen LogP) is -0.572. The van der Waals surface area contributed by atoms with Gasteiger partial charge in [0.15, 0.2) is 0 Å². The number of rotatable bonds is 14. The number of nitrogens with one attached hydrogen (secondary N) is 4. The molecule has 4 amide bonds. The lowest BCUT2D eigenvalue weighted by molar-refractivity contribution is -0.143. The lowest BCUT2D eigenvalue weighted by atomic mass is 10.0. The maximum Gasteiger partial charge on any atom is 0.326 e. The van der Waals surface area contributed by atoms with E-state index in [4.69, 9.17) is 11.5 Å². The van der Waals surface area contributed by atoms with Gasteiger partial charge in [-0.3, -0.25) is 19.2 Å². The summed E-state index contributed by atoms with van der Waals surface area (Å²) in [6.45, 7) is 3.58. The van der Waals surface area contributed by atoms with Gasteiger partial charge in [-0.05, 0) is 24.0 Å². The molecule has 1 aromatic heterocycles. The van der Waals surface area contributed by atoms with Gasteiger partial charge in [0.05, 0.1) is 12.5 Å². The Morgan fingerprint density at radius 3 is 2.16 bits per heavy atom. The molecule has 9 N–H and O–H groups in total. The average molecular weight is 535 g/mol. The Balaban J connectivity index is 2.29. The molecule has 0 fully saturated rings. The van der Waals surface area contributed by atoms with Crippen molar-refractivity contribution in [2.24, 2.45) is 17.4 Å². The maximum atomic E-state index is 13.3. The largest absolute Gasteiger partial charge is 0.480 e. The number of hydrogen-bond acceptors (Lipinski definition) is 7. The molecule has 0 spiro atoms. The van der Waals surface area contributed by atoms with E-state index in [1.165, 1.54) is 0 Å². The van der Waals surface area contributed by atoms with Gasteiger partial charge in [-0.25, -0.2) is 4.79 Å². The molecule has 2 rings (SSSR count). The smallest absolute Gasteiger partial charge is 0.326 e. The summed E-state index contributed by atoms with van der Waals surface area (Å²) in [5.74, 6) is -4.44. The molecule has 0 aliphatic carbocycles. The summed E-state index contributed by atoms with van der Waals surface area (Å²) in [6, 6.07) is 2.53. The molecule has 4 atom stereocenters. The molecule has 0 saturated carbocycles. The number of carbonyl (C=O) groups excluding carboxylic acids is 4. The van der Waals surface area contributed by atoms with Crippen molar-refractivity contribution in [3.8, 4) is 0 Å². The minimum atomic E-state index is -1.46. The number of thiol groups is 1. The van der Waals surface area contributed by atoms with Gasteiger partial charge in [-0.2, -0.15) is 12.6 Å². The highest BCUT2D eigenvalue weighted by Crippen LogP contribution is 2.19. The number of carbonyl (C=O) groups is 5. The van der Waals surface area contributed by atoms with Gasteiger partial charge in [-0.15, -0.1) is 0 Å². The van der Waals surface area contributed by atoms with Crippen LogP contribution >= 0.6 is 12.6 Å². The van der Waals surface area contributed by atoms with Crippen LogP contribution in [0.5, 0.6) is 0 Å². The normalized spacial score (nSPS) is 14.4. The molecule has 0 saturated heterocycles. The van der Waals surface area contributed by atoms with Gasteiger partial charge in [0.25, 0.3) is 0 Å².